The molecule has 0 aliphatic carbocycles. The molecule has 2 aromatic carbocycles. The molecule has 0 aliphatic rings. The molecular formula is C13H9BrCl2N2O. The normalized spacial score (nSPS) is 10.1. The summed E-state index contributed by atoms with van der Waals surface area (Å²) in [5.41, 5.74) is 1.19. The van der Waals surface area contributed by atoms with Crippen molar-refractivity contribution in [1.82, 2.24) is 0 Å². The van der Waals surface area contributed by atoms with E-state index < -0.39 is 0 Å². The van der Waals surface area contributed by atoms with Crippen LogP contribution in [0.4, 0.5) is 16.2 Å². The Bertz CT molecular complexity index is 602. The maximum atomic E-state index is 11.8. The second kappa shape index (κ2) is 6.28. The number of anilines is 2. The van der Waals surface area contributed by atoms with Crippen LogP contribution in [0.2, 0.25) is 10.0 Å². The topological polar surface area (TPSA) is 41.1 Å². The maximum Gasteiger partial charge on any atom is 0.323 e. The van der Waals surface area contributed by atoms with Crippen molar-refractivity contribution in [3.05, 3.63) is 57.0 Å². The van der Waals surface area contributed by atoms with Crippen molar-refractivity contribution in [2.45, 2.75) is 0 Å². The molecule has 0 saturated carbocycles. The summed E-state index contributed by atoms with van der Waals surface area (Å²) in [7, 11) is 0. The molecular weight excluding hydrogens is 351 g/mol. The van der Waals surface area contributed by atoms with Gasteiger partial charge in [-0.15, -0.1) is 0 Å². The predicted molar refractivity (Wildman–Crippen MR) is 83.2 cm³/mol. The van der Waals surface area contributed by atoms with Crippen LogP contribution in [0.5, 0.6) is 0 Å². The van der Waals surface area contributed by atoms with E-state index in [4.69, 9.17) is 23.2 Å². The van der Waals surface area contributed by atoms with Crippen molar-refractivity contribution in [3.8, 4) is 0 Å². The molecule has 0 saturated heterocycles. The number of hydrogen-bond acceptors (Lipinski definition) is 1. The Labute approximate surface area is 129 Å². The van der Waals surface area contributed by atoms with Crippen molar-refractivity contribution >= 4 is 56.5 Å². The first kappa shape index (κ1) is 14.2. The standard InChI is InChI=1S/C13H9BrCl2N2O/c14-8-1-4-10(5-2-8)17-13(19)18-12-6-3-9(15)7-11(12)16/h1-7H,(H2,17,18,19). The van der Waals surface area contributed by atoms with Crippen LogP contribution in [0.1, 0.15) is 0 Å². The summed E-state index contributed by atoms with van der Waals surface area (Å²) in [4.78, 5) is 11.8. The molecule has 3 nitrogen and oxygen atoms in total. The molecule has 19 heavy (non-hydrogen) atoms. The lowest BCUT2D eigenvalue weighted by atomic mass is 10.3. The monoisotopic (exact) mass is 358 g/mol. The van der Waals surface area contributed by atoms with Gasteiger partial charge >= 0.3 is 6.03 Å². The predicted octanol–water partition coefficient (Wildman–Crippen LogP) is 5.40. The lowest BCUT2D eigenvalue weighted by Gasteiger charge is -2.09. The van der Waals surface area contributed by atoms with Crippen LogP contribution in [-0.4, -0.2) is 6.03 Å². The summed E-state index contributed by atoms with van der Waals surface area (Å²) in [5.74, 6) is 0. The molecule has 0 heterocycles. The van der Waals surface area contributed by atoms with Gasteiger partial charge in [0.05, 0.1) is 10.7 Å². The number of carbonyl (C=O) groups is 1. The molecule has 2 N–H and O–H groups in total. The van der Waals surface area contributed by atoms with E-state index in [1.165, 1.54) is 0 Å². The number of hydrogen-bond donors (Lipinski definition) is 2. The summed E-state index contributed by atoms with van der Waals surface area (Å²) in [6, 6.07) is 11.7. The van der Waals surface area contributed by atoms with Crippen LogP contribution in [0.15, 0.2) is 46.9 Å². The minimum Gasteiger partial charge on any atom is -0.308 e. The summed E-state index contributed by atoms with van der Waals surface area (Å²) >= 11 is 15.1. The average Bonchev–Trinajstić information content (AvgIpc) is 2.36. The van der Waals surface area contributed by atoms with Gasteiger partial charge in [0.2, 0.25) is 0 Å². The fraction of sp³-hybridized carbons (Fsp3) is 0. The van der Waals surface area contributed by atoms with Crippen LogP contribution in [-0.2, 0) is 0 Å². The Morgan fingerprint density at radius 1 is 1.00 bits per heavy atom. The van der Waals surface area contributed by atoms with E-state index in [1.54, 1.807) is 30.3 Å². The number of benzene rings is 2. The zero-order chi connectivity index (χ0) is 13.8. The van der Waals surface area contributed by atoms with Gasteiger partial charge in [-0.3, -0.25) is 0 Å². The number of nitrogens with one attached hydrogen (secondary N) is 2. The van der Waals surface area contributed by atoms with Crippen molar-refractivity contribution in [2.75, 3.05) is 10.6 Å². The Balaban J connectivity index is 2.03. The molecule has 98 valence electrons. The van der Waals surface area contributed by atoms with E-state index in [2.05, 4.69) is 26.6 Å². The molecule has 0 fully saturated rings. The van der Waals surface area contributed by atoms with Gasteiger partial charge in [-0.25, -0.2) is 4.79 Å². The van der Waals surface area contributed by atoms with Crippen LogP contribution in [0.3, 0.4) is 0 Å². The van der Waals surface area contributed by atoms with Gasteiger partial charge in [0.1, 0.15) is 0 Å². The lowest BCUT2D eigenvalue weighted by molar-refractivity contribution is 0.262. The molecule has 0 unspecified atom stereocenters. The number of halogens is 3. The third kappa shape index (κ3) is 4.13. The smallest absolute Gasteiger partial charge is 0.308 e. The average molecular weight is 360 g/mol. The summed E-state index contributed by atoms with van der Waals surface area (Å²) in [5, 5.41) is 6.25. The largest absolute Gasteiger partial charge is 0.323 e. The highest BCUT2D eigenvalue weighted by Gasteiger charge is 2.06. The highest BCUT2D eigenvalue weighted by atomic mass is 79.9. The maximum absolute atomic E-state index is 11.8. The van der Waals surface area contributed by atoms with Crippen LogP contribution in [0, 0.1) is 0 Å². The van der Waals surface area contributed by atoms with Crippen molar-refractivity contribution in [1.29, 1.82) is 0 Å². The summed E-state index contributed by atoms with van der Waals surface area (Å²) in [6.45, 7) is 0. The molecule has 2 amide bonds. The molecule has 0 aliphatic heterocycles. The van der Waals surface area contributed by atoms with E-state index >= 15 is 0 Å². The third-order valence-corrected chi connectivity index (χ3v) is 3.36. The molecule has 2 rings (SSSR count). The molecule has 0 aromatic heterocycles. The van der Waals surface area contributed by atoms with E-state index in [1.807, 2.05) is 12.1 Å². The number of rotatable bonds is 2. The third-order valence-electron chi connectivity index (χ3n) is 2.28. The Morgan fingerprint density at radius 2 is 1.68 bits per heavy atom. The van der Waals surface area contributed by atoms with Gasteiger partial charge in [0, 0.05) is 15.2 Å². The molecule has 0 spiro atoms. The molecule has 0 bridgehead atoms. The Hall–Kier alpha value is -1.23. The van der Waals surface area contributed by atoms with Crippen molar-refractivity contribution in [3.63, 3.8) is 0 Å². The Kier molecular flexibility index (Phi) is 4.69. The fourth-order valence-corrected chi connectivity index (χ4v) is 2.13. The van der Waals surface area contributed by atoms with Gasteiger partial charge in [0.25, 0.3) is 0 Å². The summed E-state index contributed by atoms with van der Waals surface area (Å²) in [6.07, 6.45) is 0. The van der Waals surface area contributed by atoms with Gasteiger partial charge in [-0.1, -0.05) is 39.1 Å². The number of urea groups is 1. The SMILES string of the molecule is O=C(Nc1ccc(Br)cc1)Nc1ccc(Cl)cc1Cl. The zero-order valence-corrected chi connectivity index (χ0v) is 12.7. The first-order chi connectivity index (χ1) is 9.04. The van der Waals surface area contributed by atoms with E-state index in [0.717, 1.165) is 4.47 Å². The minimum absolute atomic E-state index is 0.369. The quantitative estimate of drug-likeness (QED) is 0.740. The Morgan fingerprint density at radius 3 is 2.32 bits per heavy atom. The van der Waals surface area contributed by atoms with Crippen molar-refractivity contribution in [2.24, 2.45) is 0 Å². The molecule has 0 radical (unpaired) electrons. The first-order valence-electron chi connectivity index (χ1n) is 5.33. The van der Waals surface area contributed by atoms with E-state index in [-0.39, 0.29) is 6.03 Å². The van der Waals surface area contributed by atoms with Gasteiger partial charge < -0.3 is 10.6 Å². The van der Waals surface area contributed by atoms with Crippen LogP contribution in [0.25, 0.3) is 0 Å². The highest BCUT2D eigenvalue weighted by molar-refractivity contribution is 9.10. The summed E-state index contributed by atoms with van der Waals surface area (Å²) < 4.78 is 0.944. The number of carbonyl (C=O) groups excluding carboxylic acids is 1. The van der Waals surface area contributed by atoms with Gasteiger partial charge in [0.15, 0.2) is 0 Å². The van der Waals surface area contributed by atoms with Crippen LogP contribution < -0.4 is 10.6 Å². The molecule has 2 aromatic rings. The fourth-order valence-electron chi connectivity index (χ4n) is 1.41. The molecule has 0 atom stereocenters. The van der Waals surface area contributed by atoms with Crippen molar-refractivity contribution < 1.29 is 4.79 Å². The number of amides is 2. The van der Waals surface area contributed by atoms with Gasteiger partial charge in [-0.2, -0.15) is 0 Å². The molecule has 6 heteroatoms. The second-order valence-corrected chi connectivity index (χ2v) is 5.47. The minimum atomic E-state index is -0.369. The zero-order valence-electron chi connectivity index (χ0n) is 9.58. The van der Waals surface area contributed by atoms with Crippen LogP contribution >= 0.6 is 39.1 Å². The van der Waals surface area contributed by atoms with E-state index in [0.29, 0.717) is 21.4 Å². The van der Waals surface area contributed by atoms with E-state index in [9.17, 15) is 4.79 Å². The highest BCUT2D eigenvalue weighted by Crippen LogP contribution is 2.25. The lowest BCUT2D eigenvalue weighted by Crippen LogP contribution is -2.19. The van der Waals surface area contributed by atoms with Gasteiger partial charge in [-0.05, 0) is 42.5 Å². The first-order valence-corrected chi connectivity index (χ1v) is 6.88. The second-order valence-electron chi connectivity index (χ2n) is 3.71.